The highest BCUT2D eigenvalue weighted by molar-refractivity contribution is 5.96. The fourth-order valence-corrected chi connectivity index (χ4v) is 3.04. The Morgan fingerprint density at radius 1 is 1.09 bits per heavy atom. The molecule has 1 amide bonds. The Labute approximate surface area is 181 Å². The van der Waals surface area contributed by atoms with Gasteiger partial charge in [0.25, 0.3) is 5.91 Å². The van der Waals surface area contributed by atoms with Crippen molar-refractivity contribution in [3.8, 4) is 0 Å². The SMILES string of the molecule is CC(c1cnc2nc(N)nc(N)c2c1)c1ccc(C(=O)N[C@@H](CCC(=O)O)C(=O)O)cn1. The van der Waals surface area contributed by atoms with E-state index in [4.69, 9.17) is 16.6 Å². The van der Waals surface area contributed by atoms with Crippen LogP contribution in [0.5, 0.6) is 0 Å². The third kappa shape index (κ3) is 5.03. The first kappa shape index (κ1) is 22.3. The maximum Gasteiger partial charge on any atom is 0.326 e. The smallest absolute Gasteiger partial charge is 0.326 e. The number of carboxylic acid groups (broad SMARTS) is 2. The Balaban J connectivity index is 1.76. The number of hydrogen-bond acceptors (Lipinski definition) is 9. The topological polar surface area (TPSA) is 207 Å². The lowest BCUT2D eigenvalue weighted by molar-refractivity contribution is -0.140. The standard InChI is InChI=1S/C20H21N7O5/c1-9(11-6-12-16(21)26-20(22)27-17(12)24-8-11)13-3-2-10(7-23-13)18(30)25-14(19(31)32)4-5-15(28)29/h2-3,6-9,14H,4-5H2,1H3,(H,25,30)(H,28,29)(H,31,32)(H4,21,22,24,26,27)/t9?,14-/m0/s1. The van der Waals surface area contributed by atoms with E-state index < -0.39 is 23.9 Å². The van der Waals surface area contributed by atoms with E-state index in [2.05, 4.69) is 25.3 Å². The van der Waals surface area contributed by atoms with Gasteiger partial charge in [0.15, 0.2) is 5.65 Å². The van der Waals surface area contributed by atoms with Gasteiger partial charge >= 0.3 is 11.9 Å². The number of pyridine rings is 2. The monoisotopic (exact) mass is 439 g/mol. The fourth-order valence-electron chi connectivity index (χ4n) is 3.04. The Morgan fingerprint density at radius 2 is 1.84 bits per heavy atom. The van der Waals surface area contributed by atoms with Gasteiger partial charge in [0.05, 0.1) is 10.9 Å². The number of aromatic nitrogens is 4. The highest BCUT2D eigenvalue weighted by Crippen LogP contribution is 2.26. The zero-order valence-electron chi connectivity index (χ0n) is 17.0. The molecule has 0 aliphatic heterocycles. The molecule has 2 atom stereocenters. The first-order valence-corrected chi connectivity index (χ1v) is 9.55. The largest absolute Gasteiger partial charge is 0.481 e. The predicted molar refractivity (Wildman–Crippen MR) is 114 cm³/mol. The van der Waals surface area contributed by atoms with Crippen molar-refractivity contribution in [2.75, 3.05) is 11.5 Å². The van der Waals surface area contributed by atoms with Gasteiger partial charge < -0.3 is 27.0 Å². The summed E-state index contributed by atoms with van der Waals surface area (Å²) in [5, 5.41) is 20.8. The zero-order chi connectivity index (χ0) is 23.4. The third-order valence-electron chi connectivity index (χ3n) is 4.86. The van der Waals surface area contributed by atoms with Crippen molar-refractivity contribution >= 4 is 40.6 Å². The summed E-state index contributed by atoms with van der Waals surface area (Å²) in [4.78, 5) is 50.8. The summed E-state index contributed by atoms with van der Waals surface area (Å²) in [7, 11) is 0. The molecule has 0 bridgehead atoms. The first-order chi connectivity index (χ1) is 15.2. The number of carbonyl (C=O) groups excluding carboxylic acids is 1. The van der Waals surface area contributed by atoms with Crippen LogP contribution in [0.3, 0.4) is 0 Å². The highest BCUT2D eigenvalue weighted by atomic mass is 16.4. The van der Waals surface area contributed by atoms with Crippen LogP contribution in [-0.4, -0.2) is 54.0 Å². The van der Waals surface area contributed by atoms with Crippen LogP contribution < -0.4 is 16.8 Å². The Bertz CT molecular complexity index is 1180. The molecule has 12 nitrogen and oxygen atoms in total. The van der Waals surface area contributed by atoms with E-state index in [1.54, 1.807) is 18.3 Å². The summed E-state index contributed by atoms with van der Waals surface area (Å²) >= 11 is 0. The number of amides is 1. The van der Waals surface area contributed by atoms with Crippen LogP contribution in [0.15, 0.2) is 30.6 Å². The van der Waals surface area contributed by atoms with Crippen LogP contribution in [0.1, 0.15) is 47.3 Å². The molecule has 0 saturated carbocycles. The van der Waals surface area contributed by atoms with Gasteiger partial charge in [0.2, 0.25) is 5.95 Å². The number of anilines is 2. The van der Waals surface area contributed by atoms with Crippen LogP contribution in [0, 0.1) is 0 Å². The van der Waals surface area contributed by atoms with Gasteiger partial charge in [-0.2, -0.15) is 9.97 Å². The summed E-state index contributed by atoms with van der Waals surface area (Å²) in [6.45, 7) is 1.89. The number of carboxylic acids is 2. The zero-order valence-corrected chi connectivity index (χ0v) is 17.0. The molecule has 166 valence electrons. The molecule has 3 heterocycles. The molecule has 0 aliphatic carbocycles. The molecule has 1 unspecified atom stereocenters. The quantitative estimate of drug-likeness (QED) is 0.331. The van der Waals surface area contributed by atoms with Crippen molar-refractivity contribution in [1.29, 1.82) is 0 Å². The van der Waals surface area contributed by atoms with Crippen LogP contribution in [0.25, 0.3) is 11.0 Å². The number of carbonyl (C=O) groups is 3. The van der Waals surface area contributed by atoms with Gasteiger partial charge in [-0.15, -0.1) is 0 Å². The summed E-state index contributed by atoms with van der Waals surface area (Å²) in [6, 6.07) is 3.63. The van der Waals surface area contributed by atoms with E-state index in [-0.39, 0.29) is 36.1 Å². The molecule has 3 rings (SSSR count). The molecule has 0 radical (unpaired) electrons. The van der Waals surface area contributed by atoms with E-state index in [0.29, 0.717) is 16.7 Å². The molecule has 32 heavy (non-hydrogen) atoms. The summed E-state index contributed by atoms with van der Waals surface area (Å²) in [5.74, 6) is -3.08. The maximum absolute atomic E-state index is 12.4. The second-order valence-corrected chi connectivity index (χ2v) is 7.10. The summed E-state index contributed by atoms with van der Waals surface area (Å²) in [5.41, 5.74) is 13.4. The predicted octanol–water partition coefficient (Wildman–Crippen LogP) is 0.784. The Hall–Kier alpha value is -4.35. The molecule has 0 spiro atoms. The number of aliphatic carboxylic acids is 2. The molecule has 7 N–H and O–H groups in total. The number of hydrogen-bond donors (Lipinski definition) is 5. The van der Waals surface area contributed by atoms with Crippen molar-refractivity contribution in [3.63, 3.8) is 0 Å². The summed E-state index contributed by atoms with van der Waals surface area (Å²) in [6.07, 6.45) is 2.34. The maximum atomic E-state index is 12.4. The number of nitrogens with zero attached hydrogens (tertiary/aromatic N) is 4. The first-order valence-electron chi connectivity index (χ1n) is 9.55. The van der Waals surface area contributed by atoms with Crippen LogP contribution in [-0.2, 0) is 9.59 Å². The van der Waals surface area contributed by atoms with Crippen molar-refractivity contribution in [1.82, 2.24) is 25.3 Å². The van der Waals surface area contributed by atoms with Crippen LogP contribution in [0.4, 0.5) is 11.8 Å². The number of fused-ring (bicyclic) bond motifs is 1. The number of nitrogens with one attached hydrogen (secondary N) is 1. The Morgan fingerprint density at radius 3 is 2.47 bits per heavy atom. The minimum Gasteiger partial charge on any atom is -0.481 e. The molecule has 0 saturated heterocycles. The molecule has 0 fully saturated rings. The van der Waals surface area contributed by atoms with Gasteiger partial charge in [0.1, 0.15) is 11.9 Å². The minimum atomic E-state index is -1.32. The molecule has 3 aromatic rings. The van der Waals surface area contributed by atoms with Gasteiger partial charge in [-0.05, 0) is 30.2 Å². The Kier molecular flexibility index (Phi) is 6.42. The van der Waals surface area contributed by atoms with Crippen LogP contribution in [0.2, 0.25) is 0 Å². The number of rotatable bonds is 8. The lowest BCUT2D eigenvalue weighted by Crippen LogP contribution is -2.41. The van der Waals surface area contributed by atoms with Gasteiger partial charge in [0, 0.05) is 30.4 Å². The molecule has 0 aromatic carbocycles. The molecular formula is C20H21N7O5. The van der Waals surface area contributed by atoms with Crippen molar-refractivity contribution < 1.29 is 24.6 Å². The van der Waals surface area contributed by atoms with Crippen molar-refractivity contribution in [2.45, 2.75) is 31.7 Å². The summed E-state index contributed by atoms with van der Waals surface area (Å²) < 4.78 is 0. The fraction of sp³-hybridized carbons (Fsp3) is 0.250. The molecule has 0 aliphatic rings. The van der Waals surface area contributed by atoms with E-state index in [9.17, 15) is 19.5 Å². The van der Waals surface area contributed by atoms with Crippen molar-refractivity contribution in [2.24, 2.45) is 0 Å². The van der Waals surface area contributed by atoms with Crippen molar-refractivity contribution in [3.05, 3.63) is 47.4 Å². The normalized spacial score (nSPS) is 12.8. The number of nitrogen functional groups attached to an aromatic ring is 2. The van der Waals surface area contributed by atoms with E-state index in [1.165, 1.54) is 12.3 Å². The second-order valence-electron chi connectivity index (χ2n) is 7.10. The second kappa shape index (κ2) is 9.20. The lowest BCUT2D eigenvalue weighted by Gasteiger charge is -2.15. The molecule has 3 aromatic heterocycles. The molecular weight excluding hydrogens is 418 g/mol. The van der Waals surface area contributed by atoms with E-state index in [1.807, 2.05) is 6.92 Å². The lowest BCUT2D eigenvalue weighted by atomic mass is 9.97. The minimum absolute atomic E-state index is 0.0342. The molecule has 12 heteroatoms. The van der Waals surface area contributed by atoms with E-state index >= 15 is 0 Å². The van der Waals surface area contributed by atoms with E-state index in [0.717, 1.165) is 5.56 Å². The average Bonchev–Trinajstić information content (AvgIpc) is 2.75. The third-order valence-corrected chi connectivity index (χ3v) is 4.86. The van der Waals surface area contributed by atoms with Gasteiger partial charge in [-0.3, -0.25) is 14.6 Å². The average molecular weight is 439 g/mol. The van der Waals surface area contributed by atoms with Crippen LogP contribution >= 0.6 is 0 Å². The highest BCUT2D eigenvalue weighted by Gasteiger charge is 2.22. The van der Waals surface area contributed by atoms with Gasteiger partial charge in [-0.25, -0.2) is 9.78 Å². The van der Waals surface area contributed by atoms with Gasteiger partial charge in [-0.1, -0.05) is 6.92 Å². The number of nitrogens with two attached hydrogens (primary N) is 2.